The van der Waals surface area contributed by atoms with Gasteiger partial charge in [0.15, 0.2) is 5.11 Å². The van der Waals surface area contributed by atoms with E-state index in [9.17, 15) is 4.79 Å². The van der Waals surface area contributed by atoms with Gasteiger partial charge in [0.1, 0.15) is 0 Å². The van der Waals surface area contributed by atoms with E-state index >= 15 is 0 Å². The Balaban J connectivity index is 2.17. The van der Waals surface area contributed by atoms with Crippen LogP contribution in [0.25, 0.3) is 0 Å². The summed E-state index contributed by atoms with van der Waals surface area (Å²) in [4.78, 5) is 11.8. The summed E-state index contributed by atoms with van der Waals surface area (Å²) < 4.78 is 4.74. The lowest BCUT2D eigenvalue weighted by Gasteiger charge is -2.26. The highest BCUT2D eigenvalue weighted by molar-refractivity contribution is 7.80. The largest absolute Gasteiger partial charge is 0.465 e. The summed E-state index contributed by atoms with van der Waals surface area (Å²) in [7, 11) is 1.32. The first-order chi connectivity index (χ1) is 12.3. The Morgan fingerprint density at radius 2 is 1.88 bits per heavy atom. The number of carbonyl (C=O) groups is 1. The van der Waals surface area contributed by atoms with E-state index in [4.69, 9.17) is 28.6 Å². The molecule has 0 radical (unpaired) electrons. The molecule has 0 heterocycles. The number of aryl methyl sites for hydroxylation is 1. The SMILES string of the molecule is COC(=O)c1cc(NC(=S)N[C@@H](c2ccccc2C)C(C)C)ccc1Cl. The van der Waals surface area contributed by atoms with Gasteiger partial charge in [-0.1, -0.05) is 49.7 Å². The maximum atomic E-state index is 11.8. The van der Waals surface area contributed by atoms with Crippen LogP contribution in [0.5, 0.6) is 0 Å². The Hall–Kier alpha value is -2.11. The lowest BCUT2D eigenvalue weighted by atomic mass is 9.93. The van der Waals surface area contributed by atoms with Gasteiger partial charge in [-0.3, -0.25) is 0 Å². The summed E-state index contributed by atoms with van der Waals surface area (Å²) in [6.07, 6.45) is 0. The zero-order valence-corrected chi connectivity index (χ0v) is 16.9. The molecule has 138 valence electrons. The third kappa shape index (κ3) is 4.96. The van der Waals surface area contributed by atoms with E-state index < -0.39 is 5.97 Å². The van der Waals surface area contributed by atoms with Crippen LogP contribution in [0.2, 0.25) is 5.02 Å². The number of methoxy groups -OCH3 is 1. The fraction of sp³-hybridized carbons (Fsp3) is 0.300. The molecule has 0 aromatic heterocycles. The summed E-state index contributed by atoms with van der Waals surface area (Å²) in [5.74, 6) is -0.149. The van der Waals surface area contributed by atoms with Crippen molar-refractivity contribution < 1.29 is 9.53 Å². The Kier molecular flexibility index (Phi) is 7.00. The normalized spacial score (nSPS) is 11.8. The molecule has 6 heteroatoms. The van der Waals surface area contributed by atoms with Crippen molar-refractivity contribution in [3.8, 4) is 0 Å². The number of carbonyl (C=O) groups excluding carboxylic acids is 1. The molecule has 2 aromatic rings. The van der Waals surface area contributed by atoms with Gasteiger partial charge in [-0.25, -0.2) is 4.79 Å². The Morgan fingerprint density at radius 3 is 2.50 bits per heavy atom. The first-order valence-corrected chi connectivity index (χ1v) is 9.13. The number of rotatable bonds is 5. The number of benzene rings is 2. The zero-order chi connectivity index (χ0) is 19.3. The second-order valence-electron chi connectivity index (χ2n) is 6.36. The molecule has 0 amide bonds. The highest BCUT2D eigenvalue weighted by Crippen LogP contribution is 2.25. The lowest BCUT2D eigenvalue weighted by Crippen LogP contribution is -2.35. The van der Waals surface area contributed by atoms with Gasteiger partial charge < -0.3 is 15.4 Å². The van der Waals surface area contributed by atoms with Gasteiger partial charge in [0.05, 0.1) is 23.7 Å². The molecular formula is C20H23ClN2O2S. The molecule has 2 aromatic carbocycles. The van der Waals surface area contributed by atoms with E-state index in [0.29, 0.717) is 27.3 Å². The Bertz CT molecular complexity index is 808. The first-order valence-electron chi connectivity index (χ1n) is 8.34. The number of thiocarbonyl (C=S) groups is 1. The van der Waals surface area contributed by atoms with Crippen molar-refractivity contribution in [2.45, 2.75) is 26.8 Å². The molecular weight excluding hydrogens is 368 g/mol. The number of anilines is 1. The summed E-state index contributed by atoms with van der Waals surface area (Å²) in [5, 5.41) is 7.30. The highest BCUT2D eigenvalue weighted by Gasteiger charge is 2.19. The molecule has 4 nitrogen and oxygen atoms in total. The van der Waals surface area contributed by atoms with Crippen molar-refractivity contribution in [1.82, 2.24) is 5.32 Å². The molecule has 0 spiro atoms. The van der Waals surface area contributed by atoms with E-state index in [-0.39, 0.29) is 6.04 Å². The van der Waals surface area contributed by atoms with Crippen molar-refractivity contribution >= 4 is 40.6 Å². The van der Waals surface area contributed by atoms with Crippen molar-refractivity contribution in [2.75, 3.05) is 12.4 Å². The number of nitrogens with one attached hydrogen (secondary N) is 2. The second-order valence-corrected chi connectivity index (χ2v) is 7.18. The third-order valence-corrected chi connectivity index (χ3v) is 4.66. The smallest absolute Gasteiger partial charge is 0.339 e. The van der Waals surface area contributed by atoms with Gasteiger partial charge in [-0.2, -0.15) is 0 Å². The van der Waals surface area contributed by atoms with E-state index in [1.165, 1.54) is 18.2 Å². The standard InChI is InChI=1S/C20H23ClN2O2S/c1-12(2)18(15-8-6-5-7-13(15)3)23-20(26)22-14-9-10-17(21)16(11-14)19(24)25-4/h5-12,18H,1-4H3,(H2,22,23,26)/t18-/m1/s1. The minimum absolute atomic E-state index is 0.0728. The molecule has 0 aliphatic carbocycles. The van der Waals surface area contributed by atoms with Gasteiger partial charge in [0.25, 0.3) is 0 Å². The van der Waals surface area contributed by atoms with Crippen molar-refractivity contribution in [3.63, 3.8) is 0 Å². The maximum Gasteiger partial charge on any atom is 0.339 e. The van der Waals surface area contributed by atoms with Gasteiger partial charge >= 0.3 is 5.97 Å². The van der Waals surface area contributed by atoms with Crippen LogP contribution < -0.4 is 10.6 Å². The maximum absolute atomic E-state index is 11.8. The van der Waals surface area contributed by atoms with Crippen LogP contribution in [0.15, 0.2) is 42.5 Å². The average molecular weight is 391 g/mol. The van der Waals surface area contributed by atoms with Crippen molar-refractivity contribution in [2.24, 2.45) is 5.92 Å². The van der Waals surface area contributed by atoms with Crippen LogP contribution >= 0.6 is 23.8 Å². The van der Waals surface area contributed by atoms with Crippen molar-refractivity contribution in [3.05, 3.63) is 64.2 Å². The monoisotopic (exact) mass is 390 g/mol. The summed E-state index contributed by atoms with van der Waals surface area (Å²) >= 11 is 11.5. The highest BCUT2D eigenvalue weighted by atomic mass is 35.5. The first kappa shape index (κ1) is 20.2. The molecule has 0 saturated carbocycles. The van der Waals surface area contributed by atoms with Crippen LogP contribution in [-0.2, 0) is 4.74 Å². The molecule has 2 N–H and O–H groups in total. The van der Waals surface area contributed by atoms with Crippen LogP contribution in [-0.4, -0.2) is 18.2 Å². The fourth-order valence-corrected chi connectivity index (χ4v) is 3.16. The van der Waals surface area contributed by atoms with Gasteiger partial charge in [0, 0.05) is 5.69 Å². The minimum Gasteiger partial charge on any atom is -0.465 e. The van der Waals surface area contributed by atoms with E-state index in [0.717, 1.165) is 0 Å². The average Bonchev–Trinajstić information content (AvgIpc) is 2.61. The number of esters is 1. The van der Waals surface area contributed by atoms with E-state index in [2.05, 4.69) is 43.5 Å². The molecule has 0 bridgehead atoms. The molecule has 0 aliphatic rings. The van der Waals surface area contributed by atoms with E-state index in [1.807, 2.05) is 12.1 Å². The quantitative estimate of drug-likeness (QED) is 0.548. The number of ether oxygens (including phenoxy) is 1. The van der Waals surface area contributed by atoms with E-state index in [1.54, 1.807) is 18.2 Å². The van der Waals surface area contributed by atoms with Crippen LogP contribution in [0.3, 0.4) is 0 Å². The third-order valence-electron chi connectivity index (χ3n) is 4.11. The van der Waals surface area contributed by atoms with Gasteiger partial charge in [0.2, 0.25) is 0 Å². The van der Waals surface area contributed by atoms with Crippen LogP contribution in [0.1, 0.15) is 41.4 Å². The molecule has 0 unspecified atom stereocenters. The number of halogens is 1. The summed E-state index contributed by atoms with van der Waals surface area (Å²) in [5.41, 5.74) is 3.37. The molecule has 0 saturated heterocycles. The Morgan fingerprint density at radius 1 is 1.19 bits per heavy atom. The predicted octanol–water partition coefficient (Wildman–Crippen LogP) is 5.12. The van der Waals surface area contributed by atoms with Crippen molar-refractivity contribution in [1.29, 1.82) is 0 Å². The minimum atomic E-state index is -0.488. The topological polar surface area (TPSA) is 50.4 Å². The number of hydrogen-bond donors (Lipinski definition) is 2. The predicted molar refractivity (Wildman–Crippen MR) is 111 cm³/mol. The van der Waals surface area contributed by atoms with Gasteiger partial charge in [-0.05, 0) is 54.4 Å². The molecule has 26 heavy (non-hydrogen) atoms. The number of hydrogen-bond acceptors (Lipinski definition) is 3. The Labute approximate surface area is 164 Å². The lowest BCUT2D eigenvalue weighted by molar-refractivity contribution is 0.0601. The fourth-order valence-electron chi connectivity index (χ4n) is 2.72. The second kappa shape index (κ2) is 9.01. The summed E-state index contributed by atoms with van der Waals surface area (Å²) in [6.45, 7) is 6.37. The molecule has 1 atom stereocenters. The van der Waals surface area contributed by atoms with Crippen LogP contribution in [0, 0.1) is 12.8 Å². The van der Waals surface area contributed by atoms with Gasteiger partial charge in [-0.15, -0.1) is 0 Å². The molecule has 0 aliphatic heterocycles. The summed E-state index contributed by atoms with van der Waals surface area (Å²) in [6, 6.07) is 13.3. The molecule has 2 rings (SSSR count). The zero-order valence-electron chi connectivity index (χ0n) is 15.3. The van der Waals surface area contributed by atoms with Crippen LogP contribution in [0.4, 0.5) is 5.69 Å². The molecule has 0 fully saturated rings.